The lowest BCUT2D eigenvalue weighted by Gasteiger charge is -1.99. The van der Waals surface area contributed by atoms with Crippen LogP contribution in [0.2, 0.25) is 0 Å². The van der Waals surface area contributed by atoms with Crippen LogP contribution in [-0.2, 0) is 0 Å². The van der Waals surface area contributed by atoms with Crippen molar-refractivity contribution in [1.82, 2.24) is 0 Å². The fraction of sp³-hybridized carbons (Fsp3) is 0. The van der Waals surface area contributed by atoms with E-state index in [1.54, 1.807) is 0 Å². The minimum atomic E-state index is -1.10. The standard InChI is InChI=1S/C7H2BrClFNO3/c8-3-1-4(7(9)12)6(11(13)14)5(10)2-3/h1-2H. The summed E-state index contributed by atoms with van der Waals surface area (Å²) in [5.74, 6) is -1.10. The van der Waals surface area contributed by atoms with Crippen LogP contribution >= 0.6 is 27.5 Å². The van der Waals surface area contributed by atoms with Crippen molar-refractivity contribution in [2.45, 2.75) is 0 Å². The molecule has 0 bridgehead atoms. The van der Waals surface area contributed by atoms with Crippen molar-refractivity contribution in [3.8, 4) is 0 Å². The summed E-state index contributed by atoms with van der Waals surface area (Å²) in [5.41, 5.74) is -1.38. The molecule has 74 valence electrons. The lowest BCUT2D eigenvalue weighted by Crippen LogP contribution is -2.01. The lowest BCUT2D eigenvalue weighted by molar-refractivity contribution is -0.387. The van der Waals surface area contributed by atoms with E-state index in [1.165, 1.54) is 0 Å². The summed E-state index contributed by atoms with van der Waals surface area (Å²) < 4.78 is 13.3. The van der Waals surface area contributed by atoms with Crippen LogP contribution in [0.4, 0.5) is 10.1 Å². The third kappa shape index (κ3) is 2.08. The summed E-state index contributed by atoms with van der Waals surface area (Å²) in [6.07, 6.45) is 0. The highest BCUT2D eigenvalue weighted by Crippen LogP contribution is 2.28. The number of benzene rings is 1. The molecule has 1 aromatic carbocycles. The number of rotatable bonds is 2. The number of nitro groups is 1. The summed E-state index contributed by atoms with van der Waals surface area (Å²) in [5, 5.41) is 9.33. The van der Waals surface area contributed by atoms with Crippen LogP contribution in [-0.4, -0.2) is 10.2 Å². The minimum Gasteiger partial charge on any atom is -0.275 e. The molecule has 0 aliphatic rings. The summed E-state index contributed by atoms with van der Waals surface area (Å²) in [4.78, 5) is 20.2. The summed E-state index contributed by atoms with van der Waals surface area (Å²) in [7, 11) is 0. The van der Waals surface area contributed by atoms with E-state index >= 15 is 0 Å². The second-order valence-electron chi connectivity index (χ2n) is 2.31. The van der Waals surface area contributed by atoms with Gasteiger partial charge in [0, 0.05) is 4.47 Å². The Bertz CT molecular complexity index is 424. The van der Waals surface area contributed by atoms with Gasteiger partial charge in [-0.1, -0.05) is 15.9 Å². The van der Waals surface area contributed by atoms with Crippen molar-refractivity contribution >= 4 is 38.5 Å². The maximum absolute atomic E-state index is 13.0. The molecule has 0 unspecified atom stereocenters. The van der Waals surface area contributed by atoms with Gasteiger partial charge in [-0.15, -0.1) is 0 Å². The van der Waals surface area contributed by atoms with E-state index in [4.69, 9.17) is 11.6 Å². The Morgan fingerprint density at radius 2 is 2.14 bits per heavy atom. The Morgan fingerprint density at radius 3 is 2.57 bits per heavy atom. The maximum atomic E-state index is 13.0. The third-order valence-electron chi connectivity index (χ3n) is 1.42. The van der Waals surface area contributed by atoms with Gasteiger partial charge in [-0.2, -0.15) is 4.39 Å². The van der Waals surface area contributed by atoms with Crippen LogP contribution in [0, 0.1) is 15.9 Å². The maximum Gasteiger partial charge on any atom is 0.316 e. The topological polar surface area (TPSA) is 60.2 Å². The Balaban J connectivity index is 3.52. The molecule has 0 heterocycles. The molecule has 0 atom stereocenters. The number of carbonyl (C=O) groups excluding carboxylic acids is 1. The molecular weight excluding hydrogens is 280 g/mol. The lowest BCUT2D eigenvalue weighted by atomic mass is 10.2. The van der Waals surface area contributed by atoms with E-state index in [9.17, 15) is 19.3 Å². The average molecular weight is 282 g/mol. The molecule has 0 saturated carbocycles. The van der Waals surface area contributed by atoms with Crippen molar-refractivity contribution in [1.29, 1.82) is 0 Å². The van der Waals surface area contributed by atoms with E-state index < -0.39 is 27.2 Å². The number of nitrogens with zero attached hydrogens (tertiary/aromatic N) is 1. The molecule has 0 spiro atoms. The highest BCUT2D eigenvalue weighted by Gasteiger charge is 2.24. The molecular formula is C7H2BrClFNO3. The van der Waals surface area contributed by atoms with Crippen LogP contribution in [0.15, 0.2) is 16.6 Å². The van der Waals surface area contributed by atoms with Gasteiger partial charge in [0.05, 0.1) is 4.92 Å². The molecule has 0 aliphatic heterocycles. The first kappa shape index (κ1) is 11.1. The smallest absolute Gasteiger partial charge is 0.275 e. The molecule has 1 aromatic rings. The summed E-state index contributed by atoms with van der Waals surface area (Å²) in [6, 6.07) is 1.98. The zero-order valence-corrected chi connectivity index (χ0v) is 8.80. The van der Waals surface area contributed by atoms with Gasteiger partial charge in [0.2, 0.25) is 5.82 Å². The molecule has 7 heteroatoms. The molecule has 0 fully saturated rings. The highest BCUT2D eigenvalue weighted by molar-refractivity contribution is 9.10. The van der Waals surface area contributed by atoms with E-state index in [-0.39, 0.29) is 4.47 Å². The largest absolute Gasteiger partial charge is 0.316 e. The van der Waals surface area contributed by atoms with Crippen LogP contribution in [0.5, 0.6) is 0 Å². The van der Waals surface area contributed by atoms with Crippen molar-refractivity contribution in [3.63, 3.8) is 0 Å². The van der Waals surface area contributed by atoms with Gasteiger partial charge >= 0.3 is 5.69 Å². The second-order valence-corrected chi connectivity index (χ2v) is 3.57. The summed E-state index contributed by atoms with van der Waals surface area (Å²) >= 11 is 7.96. The van der Waals surface area contributed by atoms with Gasteiger partial charge in [0.1, 0.15) is 5.56 Å². The first-order valence-electron chi connectivity index (χ1n) is 3.26. The van der Waals surface area contributed by atoms with Gasteiger partial charge in [-0.25, -0.2) is 0 Å². The van der Waals surface area contributed by atoms with Crippen LogP contribution in [0.1, 0.15) is 10.4 Å². The first-order valence-corrected chi connectivity index (χ1v) is 4.44. The van der Waals surface area contributed by atoms with Crippen molar-refractivity contribution in [2.75, 3.05) is 0 Å². The average Bonchev–Trinajstić information content (AvgIpc) is 2.01. The van der Waals surface area contributed by atoms with E-state index in [0.29, 0.717) is 0 Å². The summed E-state index contributed by atoms with van der Waals surface area (Å²) in [6.45, 7) is 0. The fourth-order valence-corrected chi connectivity index (χ4v) is 1.48. The molecule has 0 radical (unpaired) electrons. The second kappa shape index (κ2) is 4.02. The van der Waals surface area contributed by atoms with Gasteiger partial charge in [-0.05, 0) is 23.7 Å². The van der Waals surface area contributed by atoms with Crippen LogP contribution in [0.3, 0.4) is 0 Å². The minimum absolute atomic E-state index is 0.213. The molecule has 0 amide bonds. The van der Waals surface area contributed by atoms with Crippen LogP contribution < -0.4 is 0 Å². The van der Waals surface area contributed by atoms with Gasteiger partial charge in [0.25, 0.3) is 5.24 Å². The number of nitro benzene ring substituents is 1. The normalized spacial score (nSPS) is 9.93. The first-order chi connectivity index (χ1) is 6.43. The molecule has 14 heavy (non-hydrogen) atoms. The number of hydrogen-bond acceptors (Lipinski definition) is 3. The molecule has 4 nitrogen and oxygen atoms in total. The van der Waals surface area contributed by atoms with Crippen LogP contribution in [0.25, 0.3) is 0 Å². The van der Waals surface area contributed by atoms with E-state index in [0.717, 1.165) is 12.1 Å². The van der Waals surface area contributed by atoms with E-state index in [1.807, 2.05) is 0 Å². The zero-order valence-electron chi connectivity index (χ0n) is 6.46. The molecule has 0 saturated heterocycles. The molecule has 1 rings (SSSR count). The predicted molar refractivity (Wildman–Crippen MR) is 50.9 cm³/mol. The Kier molecular flexibility index (Phi) is 3.17. The quantitative estimate of drug-likeness (QED) is 0.476. The van der Waals surface area contributed by atoms with Crippen molar-refractivity contribution in [2.24, 2.45) is 0 Å². The molecule has 0 aliphatic carbocycles. The van der Waals surface area contributed by atoms with Gasteiger partial charge in [0.15, 0.2) is 0 Å². The number of halogens is 3. The monoisotopic (exact) mass is 281 g/mol. The SMILES string of the molecule is O=C(Cl)c1cc(Br)cc(F)c1[N+](=O)[O-]. The Hall–Kier alpha value is -1.01. The van der Waals surface area contributed by atoms with Gasteiger partial charge in [-0.3, -0.25) is 14.9 Å². The van der Waals surface area contributed by atoms with Crippen molar-refractivity contribution in [3.05, 3.63) is 38.1 Å². The van der Waals surface area contributed by atoms with E-state index in [2.05, 4.69) is 15.9 Å². The fourth-order valence-electron chi connectivity index (χ4n) is 0.901. The Labute approximate surface area is 90.9 Å². The molecule has 0 aromatic heterocycles. The number of hydrogen-bond donors (Lipinski definition) is 0. The molecule has 0 N–H and O–H groups in total. The zero-order chi connectivity index (χ0) is 10.9. The number of carbonyl (C=O) groups is 1. The predicted octanol–water partition coefficient (Wildman–Crippen LogP) is 2.88. The van der Waals surface area contributed by atoms with Gasteiger partial charge < -0.3 is 0 Å². The highest BCUT2D eigenvalue weighted by atomic mass is 79.9. The Morgan fingerprint density at radius 1 is 1.57 bits per heavy atom. The third-order valence-corrected chi connectivity index (χ3v) is 2.08. The van der Waals surface area contributed by atoms with Crippen molar-refractivity contribution < 1.29 is 14.1 Å².